The van der Waals surface area contributed by atoms with E-state index in [9.17, 15) is 0 Å². The summed E-state index contributed by atoms with van der Waals surface area (Å²) in [6, 6.07) is 27.4. The SMILES string of the molecule is CC(C)(C)Cc1cc(-c2[c-]cccc2)nc[c]1[Ge]([CH3])([CH3])[CH3].Cc1ccc2c(n1)oc1c[c-]c(-c3nccc4c3CCCC4)cc12.[Ir]. The average molecular weight is 847 g/mol. The minimum atomic E-state index is -1.90. The van der Waals surface area contributed by atoms with Crippen molar-refractivity contribution >= 4 is 39.7 Å². The summed E-state index contributed by atoms with van der Waals surface area (Å²) >= 11 is -1.90. The van der Waals surface area contributed by atoms with Gasteiger partial charge in [-0.2, -0.15) is 0 Å². The van der Waals surface area contributed by atoms with Crippen LogP contribution in [0.4, 0.5) is 0 Å². The van der Waals surface area contributed by atoms with Crippen LogP contribution in [0.15, 0.2) is 77.5 Å². The summed E-state index contributed by atoms with van der Waals surface area (Å²) in [4.78, 5) is 13.9. The van der Waals surface area contributed by atoms with Crippen molar-refractivity contribution in [1.82, 2.24) is 15.0 Å². The number of fused-ring (bicyclic) bond motifs is 4. The number of benzene rings is 2. The summed E-state index contributed by atoms with van der Waals surface area (Å²) in [6.45, 7) is 8.90. The van der Waals surface area contributed by atoms with Crippen molar-refractivity contribution < 1.29 is 24.5 Å². The van der Waals surface area contributed by atoms with Gasteiger partial charge in [0, 0.05) is 37.4 Å². The molecule has 1 aliphatic rings. The molecule has 6 heteroatoms. The number of aromatic nitrogens is 3. The Bertz CT molecular complexity index is 1970. The fraction of sp³-hybridized carbons (Fsp3) is 0.325. The Hall–Kier alpha value is -3.12. The Morgan fingerprint density at radius 1 is 0.891 bits per heavy atom. The van der Waals surface area contributed by atoms with Gasteiger partial charge in [-0.3, -0.25) is 0 Å². The van der Waals surface area contributed by atoms with Gasteiger partial charge in [-0.05, 0) is 56.5 Å². The third-order valence-electron chi connectivity index (χ3n) is 8.44. The van der Waals surface area contributed by atoms with Crippen molar-refractivity contribution in [2.24, 2.45) is 5.41 Å². The number of pyridine rings is 3. The molecule has 7 rings (SSSR count). The second kappa shape index (κ2) is 13.9. The van der Waals surface area contributed by atoms with E-state index in [1.54, 1.807) is 0 Å². The van der Waals surface area contributed by atoms with Gasteiger partial charge in [0.25, 0.3) is 0 Å². The minimum Gasteiger partial charge on any atom is -0.486 e. The molecule has 1 radical (unpaired) electrons. The number of aryl methyl sites for hydroxylation is 2. The molecule has 0 fully saturated rings. The molecule has 0 saturated carbocycles. The van der Waals surface area contributed by atoms with Gasteiger partial charge in [0.05, 0.1) is 5.58 Å². The van der Waals surface area contributed by atoms with E-state index in [2.05, 4.69) is 96.7 Å². The van der Waals surface area contributed by atoms with Crippen molar-refractivity contribution in [3.05, 3.63) is 108 Å². The summed E-state index contributed by atoms with van der Waals surface area (Å²) in [5.41, 5.74) is 11.3. The smallest absolute Gasteiger partial charge is 0.216 e. The molecule has 4 nitrogen and oxygen atoms in total. The van der Waals surface area contributed by atoms with E-state index in [1.807, 2.05) is 43.5 Å². The van der Waals surface area contributed by atoms with Gasteiger partial charge in [-0.25, -0.2) is 4.98 Å². The molecule has 46 heavy (non-hydrogen) atoms. The fourth-order valence-corrected chi connectivity index (χ4v) is 9.62. The van der Waals surface area contributed by atoms with Crippen LogP contribution in [0.2, 0.25) is 17.3 Å². The number of nitrogens with zero attached hydrogens (tertiary/aromatic N) is 3. The van der Waals surface area contributed by atoms with Crippen molar-refractivity contribution in [2.75, 3.05) is 0 Å². The Labute approximate surface area is 290 Å². The zero-order valence-electron chi connectivity index (χ0n) is 28.0. The van der Waals surface area contributed by atoms with Crippen LogP contribution in [0, 0.1) is 24.5 Å². The predicted octanol–water partition coefficient (Wildman–Crippen LogP) is 9.71. The molecular weight excluding hydrogens is 803 g/mol. The maximum absolute atomic E-state index is 5.87. The molecule has 4 aromatic heterocycles. The Morgan fingerprint density at radius 2 is 1.70 bits per heavy atom. The first-order valence-corrected chi connectivity index (χ1v) is 23.5. The van der Waals surface area contributed by atoms with Gasteiger partial charge in [-0.15, -0.1) is 23.8 Å². The maximum atomic E-state index is 5.87. The quantitative estimate of drug-likeness (QED) is 0.131. The van der Waals surface area contributed by atoms with E-state index in [0.717, 1.165) is 63.8 Å². The molecule has 2 aromatic carbocycles. The summed E-state index contributed by atoms with van der Waals surface area (Å²) in [7, 11) is 0. The van der Waals surface area contributed by atoms with Gasteiger partial charge >= 0.3 is 132 Å². The van der Waals surface area contributed by atoms with E-state index in [-0.39, 0.29) is 20.1 Å². The van der Waals surface area contributed by atoms with E-state index in [4.69, 9.17) is 9.40 Å². The molecule has 1 aliphatic carbocycles. The van der Waals surface area contributed by atoms with Gasteiger partial charge in [0.15, 0.2) is 0 Å². The zero-order valence-corrected chi connectivity index (χ0v) is 32.5. The van der Waals surface area contributed by atoms with Crippen LogP contribution < -0.4 is 4.40 Å². The number of rotatable bonds is 4. The Kier molecular flexibility index (Phi) is 10.4. The summed E-state index contributed by atoms with van der Waals surface area (Å²) in [5.74, 6) is 7.33. The largest absolute Gasteiger partial charge is 0.486 e. The minimum absolute atomic E-state index is 0. The number of hydrogen-bond acceptors (Lipinski definition) is 4. The monoisotopic (exact) mass is 848 g/mol. The van der Waals surface area contributed by atoms with Crippen LogP contribution in [0.25, 0.3) is 44.6 Å². The summed E-state index contributed by atoms with van der Waals surface area (Å²) in [5, 5.41) is 2.14. The molecule has 0 bridgehead atoms. The fourth-order valence-electron chi connectivity index (χ4n) is 6.31. The van der Waals surface area contributed by atoms with Crippen LogP contribution in [0.3, 0.4) is 0 Å². The normalized spacial score (nSPS) is 13.1. The number of hydrogen-bond donors (Lipinski definition) is 0. The molecule has 239 valence electrons. The first-order chi connectivity index (χ1) is 21.5. The maximum Gasteiger partial charge on any atom is 0.216 e. The van der Waals surface area contributed by atoms with Crippen molar-refractivity contribution in [3.63, 3.8) is 0 Å². The Morgan fingerprint density at radius 3 is 2.43 bits per heavy atom. The van der Waals surface area contributed by atoms with E-state index in [0.29, 0.717) is 11.1 Å². The number of furan rings is 1. The molecule has 0 spiro atoms. The predicted molar refractivity (Wildman–Crippen MR) is 190 cm³/mol. The summed E-state index contributed by atoms with van der Waals surface area (Å²) in [6.07, 6.45) is 9.95. The molecule has 4 heterocycles. The second-order valence-corrected chi connectivity index (χ2v) is 25.1. The Balaban J connectivity index is 0.000000179. The topological polar surface area (TPSA) is 51.8 Å². The standard InChI is InChI=1S/C21H17N2O.C19H26GeN.Ir/c1-13-6-8-17-18-12-15(7-9-19(18)24-21(17)23-13)20-16-5-3-2-4-14(16)10-11-22-20;1-19(2,3)13-16-12-18(15-10-8-7-9-11-15)21-14-17(16)20(4,5)6;/h6,8-12H,2-5H2,1H3;7-10,12,14H,13H2,1-6H3;/q2*-1;. The van der Waals surface area contributed by atoms with Crippen LogP contribution in [0.1, 0.15) is 56.0 Å². The van der Waals surface area contributed by atoms with Crippen molar-refractivity contribution in [3.8, 4) is 22.5 Å². The molecule has 0 N–H and O–H groups in total. The molecule has 0 amide bonds. The van der Waals surface area contributed by atoms with Crippen LogP contribution in [0.5, 0.6) is 0 Å². The van der Waals surface area contributed by atoms with E-state index < -0.39 is 13.3 Å². The third-order valence-corrected chi connectivity index (χ3v) is 12.8. The summed E-state index contributed by atoms with van der Waals surface area (Å²) < 4.78 is 7.41. The first kappa shape index (κ1) is 34.2. The zero-order chi connectivity index (χ0) is 31.8. The first-order valence-electron chi connectivity index (χ1n) is 16.1. The molecular formula is C40H43GeIrN3O-2. The molecule has 0 saturated heterocycles. The van der Waals surface area contributed by atoms with Crippen molar-refractivity contribution in [2.45, 2.75) is 77.1 Å². The third kappa shape index (κ3) is 7.70. The van der Waals surface area contributed by atoms with Gasteiger partial charge in [0.2, 0.25) is 5.71 Å². The van der Waals surface area contributed by atoms with Gasteiger partial charge < -0.3 is 9.40 Å². The van der Waals surface area contributed by atoms with Crippen LogP contribution in [-0.2, 0) is 39.4 Å². The molecule has 0 aliphatic heterocycles. The second-order valence-electron chi connectivity index (χ2n) is 14.5. The van der Waals surface area contributed by atoms with Crippen LogP contribution in [-0.4, -0.2) is 28.2 Å². The van der Waals surface area contributed by atoms with Gasteiger partial charge in [0.1, 0.15) is 0 Å². The molecule has 0 atom stereocenters. The van der Waals surface area contributed by atoms with Crippen molar-refractivity contribution in [1.29, 1.82) is 0 Å². The molecule has 6 aromatic rings. The van der Waals surface area contributed by atoms with E-state index in [1.165, 1.54) is 33.9 Å². The van der Waals surface area contributed by atoms with Gasteiger partial charge in [-0.1, -0.05) is 16.5 Å². The average Bonchev–Trinajstić information content (AvgIpc) is 3.37. The van der Waals surface area contributed by atoms with E-state index >= 15 is 0 Å². The van der Waals surface area contributed by atoms with Crippen LogP contribution >= 0.6 is 0 Å². The molecule has 0 unspecified atom stereocenters.